The van der Waals surface area contributed by atoms with E-state index < -0.39 is 5.91 Å². The molecule has 1 amide bonds. The van der Waals surface area contributed by atoms with Crippen LogP contribution < -0.4 is 10.7 Å². The van der Waals surface area contributed by atoms with E-state index in [1.165, 1.54) is 6.07 Å². The van der Waals surface area contributed by atoms with Crippen molar-refractivity contribution < 1.29 is 9.21 Å². The Hall–Kier alpha value is -2.47. The Morgan fingerprint density at radius 1 is 1.24 bits per heavy atom. The number of pyridine rings is 1. The molecule has 0 atom stereocenters. The van der Waals surface area contributed by atoms with Crippen molar-refractivity contribution in [1.29, 1.82) is 0 Å². The number of carbonyl (C=O) groups excluding carboxylic acids is 1. The SMILES string of the molecule is O=C(Nc1ccncc1Br)c1cc(=O)c2ccccc2o1. The van der Waals surface area contributed by atoms with E-state index in [4.69, 9.17) is 4.42 Å². The predicted molar refractivity (Wildman–Crippen MR) is 82.4 cm³/mol. The molecule has 6 heteroatoms. The monoisotopic (exact) mass is 344 g/mol. The van der Waals surface area contributed by atoms with Crippen LogP contribution in [0.4, 0.5) is 5.69 Å². The van der Waals surface area contributed by atoms with E-state index in [-0.39, 0.29) is 11.2 Å². The Morgan fingerprint density at radius 3 is 2.86 bits per heavy atom. The van der Waals surface area contributed by atoms with Gasteiger partial charge in [0.15, 0.2) is 11.2 Å². The summed E-state index contributed by atoms with van der Waals surface area (Å²) in [5.41, 5.74) is 0.672. The number of nitrogens with one attached hydrogen (secondary N) is 1. The minimum Gasteiger partial charge on any atom is -0.451 e. The molecule has 104 valence electrons. The Kier molecular flexibility index (Phi) is 3.53. The van der Waals surface area contributed by atoms with Crippen LogP contribution in [0.15, 0.2) is 62.5 Å². The Bertz CT molecular complexity index is 889. The number of benzene rings is 1. The Balaban J connectivity index is 1.99. The number of amides is 1. The molecule has 0 aliphatic rings. The molecule has 0 fully saturated rings. The zero-order chi connectivity index (χ0) is 14.8. The van der Waals surface area contributed by atoms with E-state index >= 15 is 0 Å². The average Bonchev–Trinajstić information content (AvgIpc) is 2.49. The summed E-state index contributed by atoms with van der Waals surface area (Å²) in [6.07, 6.45) is 3.11. The highest BCUT2D eigenvalue weighted by atomic mass is 79.9. The van der Waals surface area contributed by atoms with E-state index in [9.17, 15) is 9.59 Å². The number of hydrogen-bond acceptors (Lipinski definition) is 4. The van der Waals surface area contributed by atoms with Crippen LogP contribution >= 0.6 is 15.9 Å². The highest BCUT2D eigenvalue weighted by Crippen LogP contribution is 2.21. The summed E-state index contributed by atoms with van der Waals surface area (Å²) >= 11 is 3.28. The van der Waals surface area contributed by atoms with E-state index in [1.807, 2.05) is 0 Å². The maximum absolute atomic E-state index is 12.2. The lowest BCUT2D eigenvalue weighted by Crippen LogP contribution is -2.15. The minimum absolute atomic E-state index is 0.0394. The molecule has 1 N–H and O–H groups in total. The molecule has 21 heavy (non-hydrogen) atoms. The first-order valence-electron chi connectivity index (χ1n) is 6.09. The third-order valence-corrected chi connectivity index (χ3v) is 3.51. The molecule has 0 spiro atoms. The number of fused-ring (bicyclic) bond motifs is 1. The highest BCUT2D eigenvalue weighted by molar-refractivity contribution is 9.10. The zero-order valence-corrected chi connectivity index (χ0v) is 12.3. The molecule has 2 heterocycles. The maximum atomic E-state index is 12.2. The van der Waals surface area contributed by atoms with Gasteiger partial charge >= 0.3 is 0 Å². The molecular formula is C15H9BrN2O3. The lowest BCUT2D eigenvalue weighted by Gasteiger charge is -2.06. The van der Waals surface area contributed by atoms with Gasteiger partial charge in [0.25, 0.3) is 5.91 Å². The van der Waals surface area contributed by atoms with Gasteiger partial charge in [0.2, 0.25) is 0 Å². The second-order valence-electron chi connectivity index (χ2n) is 4.28. The first-order chi connectivity index (χ1) is 10.1. The number of rotatable bonds is 2. The number of aromatic nitrogens is 1. The summed E-state index contributed by atoms with van der Waals surface area (Å²) in [6.45, 7) is 0. The van der Waals surface area contributed by atoms with Crippen LogP contribution in [0, 0.1) is 0 Å². The van der Waals surface area contributed by atoms with E-state index in [0.29, 0.717) is 21.1 Å². The number of hydrogen-bond donors (Lipinski definition) is 1. The first kappa shape index (κ1) is 13.5. The molecular weight excluding hydrogens is 336 g/mol. The van der Waals surface area contributed by atoms with Crippen molar-refractivity contribution in [2.75, 3.05) is 5.32 Å². The molecule has 3 rings (SSSR count). The maximum Gasteiger partial charge on any atom is 0.291 e. The largest absolute Gasteiger partial charge is 0.451 e. The number of para-hydroxylation sites is 1. The summed E-state index contributed by atoms with van der Waals surface area (Å²) in [5.74, 6) is -0.535. The van der Waals surface area contributed by atoms with Gasteiger partial charge in [-0.3, -0.25) is 14.6 Å². The smallest absolute Gasteiger partial charge is 0.291 e. The first-order valence-corrected chi connectivity index (χ1v) is 6.88. The summed E-state index contributed by atoms with van der Waals surface area (Å²) in [4.78, 5) is 28.0. The van der Waals surface area contributed by atoms with E-state index in [2.05, 4.69) is 26.2 Å². The molecule has 0 unspecified atom stereocenters. The lowest BCUT2D eigenvalue weighted by atomic mass is 10.2. The number of carbonyl (C=O) groups is 1. The standard InChI is InChI=1S/C15H9BrN2O3/c16-10-8-17-6-5-11(10)18-15(20)14-7-12(19)9-3-1-2-4-13(9)21-14/h1-8H,(H,17,18,20). The molecule has 0 bridgehead atoms. The molecule has 0 saturated carbocycles. The van der Waals surface area contributed by atoms with Crippen LogP contribution in [-0.2, 0) is 0 Å². The van der Waals surface area contributed by atoms with Crippen molar-refractivity contribution in [1.82, 2.24) is 4.98 Å². The number of nitrogens with zero attached hydrogens (tertiary/aromatic N) is 1. The van der Waals surface area contributed by atoms with Gasteiger partial charge in [-0.1, -0.05) is 12.1 Å². The van der Waals surface area contributed by atoms with Crippen LogP contribution in [-0.4, -0.2) is 10.9 Å². The molecule has 0 aliphatic heterocycles. The van der Waals surface area contributed by atoms with Crippen molar-refractivity contribution in [2.24, 2.45) is 0 Å². The van der Waals surface area contributed by atoms with Gasteiger partial charge in [-0.2, -0.15) is 0 Å². The minimum atomic E-state index is -0.496. The van der Waals surface area contributed by atoms with Crippen molar-refractivity contribution in [3.05, 3.63) is 69.2 Å². The van der Waals surface area contributed by atoms with Crippen LogP contribution in [0.5, 0.6) is 0 Å². The molecule has 1 aromatic carbocycles. The lowest BCUT2D eigenvalue weighted by molar-refractivity contribution is 0.0997. The highest BCUT2D eigenvalue weighted by Gasteiger charge is 2.13. The average molecular weight is 345 g/mol. The normalized spacial score (nSPS) is 10.5. The number of anilines is 1. The van der Waals surface area contributed by atoms with Gasteiger partial charge in [0.05, 0.1) is 15.5 Å². The second kappa shape index (κ2) is 5.49. The van der Waals surface area contributed by atoms with E-state index in [1.54, 1.807) is 42.7 Å². The van der Waals surface area contributed by atoms with Crippen molar-refractivity contribution >= 4 is 38.5 Å². The van der Waals surface area contributed by atoms with Crippen LogP contribution in [0.1, 0.15) is 10.6 Å². The van der Waals surface area contributed by atoms with Crippen molar-refractivity contribution in [3.8, 4) is 0 Å². The van der Waals surface area contributed by atoms with Crippen molar-refractivity contribution in [2.45, 2.75) is 0 Å². The summed E-state index contributed by atoms with van der Waals surface area (Å²) in [6, 6.07) is 9.62. The summed E-state index contributed by atoms with van der Waals surface area (Å²) < 4.78 is 6.11. The molecule has 3 aromatic rings. The molecule has 2 aromatic heterocycles. The second-order valence-corrected chi connectivity index (χ2v) is 5.14. The molecule has 0 radical (unpaired) electrons. The van der Waals surface area contributed by atoms with Gasteiger partial charge in [-0.15, -0.1) is 0 Å². The zero-order valence-electron chi connectivity index (χ0n) is 10.7. The molecule has 0 saturated heterocycles. The van der Waals surface area contributed by atoms with E-state index in [0.717, 1.165) is 0 Å². The van der Waals surface area contributed by atoms with Crippen LogP contribution in [0.25, 0.3) is 11.0 Å². The Labute approximate surface area is 127 Å². The molecule has 5 nitrogen and oxygen atoms in total. The third-order valence-electron chi connectivity index (χ3n) is 2.88. The quantitative estimate of drug-likeness (QED) is 0.774. The van der Waals surface area contributed by atoms with Crippen LogP contribution in [0.3, 0.4) is 0 Å². The predicted octanol–water partition coefficient (Wildman–Crippen LogP) is 3.20. The topological polar surface area (TPSA) is 72.2 Å². The summed E-state index contributed by atoms with van der Waals surface area (Å²) in [7, 11) is 0. The fourth-order valence-electron chi connectivity index (χ4n) is 1.88. The van der Waals surface area contributed by atoms with Gasteiger partial charge in [0, 0.05) is 18.5 Å². The fraction of sp³-hybridized carbons (Fsp3) is 0. The fourth-order valence-corrected chi connectivity index (χ4v) is 2.23. The Morgan fingerprint density at radius 2 is 2.05 bits per heavy atom. The van der Waals surface area contributed by atoms with Gasteiger partial charge in [-0.25, -0.2) is 0 Å². The summed E-state index contributed by atoms with van der Waals surface area (Å²) in [5, 5.41) is 3.10. The van der Waals surface area contributed by atoms with Gasteiger partial charge < -0.3 is 9.73 Å². The van der Waals surface area contributed by atoms with Gasteiger partial charge in [0.1, 0.15) is 5.58 Å². The number of halogens is 1. The van der Waals surface area contributed by atoms with Crippen molar-refractivity contribution in [3.63, 3.8) is 0 Å². The van der Waals surface area contributed by atoms with Crippen LogP contribution in [0.2, 0.25) is 0 Å². The third kappa shape index (κ3) is 2.71. The van der Waals surface area contributed by atoms with Gasteiger partial charge in [-0.05, 0) is 34.1 Å². The molecule has 0 aliphatic carbocycles.